The van der Waals surface area contributed by atoms with Crippen molar-refractivity contribution < 1.29 is 4.74 Å². The molecule has 0 bridgehead atoms. The number of benzene rings is 1. The predicted octanol–water partition coefficient (Wildman–Crippen LogP) is 5.14. The van der Waals surface area contributed by atoms with E-state index < -0.39 is 8.07 Å². The van der Waals surface area contributed by atoms with Crippen molar-refractivity contribution in [1.82, 2.24) is 19.1 Å². The van der Waals surface area contributed by atoms with Crippen LogP contribution in [0.25, 0.3) is 11.3 Å². The number of hydrogen-bond acceptors (Lipinski definition) is 4. The van der Waals surface area contributed by atoms with E-state index in [9.17, 15) is 0 Å². The fraction of sp³-hybridized carbons (Fsp3) is 0.429. The number of aryl methyl sites for hydroxylation is 1. The molecule has 0 atom stereocenters. The van der Waals surface area contributed by atoms with E-state index in [0.29, 0.717) is 13.3 Å². The van der Waals surface area contributed by atoms with Gasteiger partial charge in [-0.05, 0) is 31.4 Å². The van der Waals surface area contributed by atoms with E-state index in [4.69, 9.17) is 9.72 Å². The molecular formula is C21H30N4OSSi. The molecule has 1 aromatic carbocycles. The van der Waals surface area contributed by atoms with E-state index in [2.05, 4.69) is 70.5 Å². The molecule has 0 fully saturated rings. The topological polar surface area (TPSA) is 44.9 Å². The summed E-state index contributed by atoms with van der Waals surface area (Å²) in [5, 5.41) is 0. The lowest BCUT2D eigenvalue weighted by Gasteiger charge is -2.16. The first-order chi connectivity index (χ1) is 13.4. The summed E-state index contributed by atoms with van der Waals surface area (Å²) < 4.78 is 10.2. The van der Waals surface area contributed by atoms with Crippen molar-refractivity contribution >= 4 is 19.8 Å². The Morgan fingerprint density at radius 3 is 2.46 bits per heavy atom. The Morgan fingerprint density at radius 1 is 1.11 bits per heavy atom. The van der Waals surface area contributed by atoms with Crippen molar-refractivity contribution in [2.75, 3.05) is 12.9 Å². The first kappa shape index (κ1) is 20.9. The summed E-state index contributed by atoms with van der Waals surface area (Å²) >= 11 is 1.75. The van der Waals surface area contributed by atoms with E-state index in [0.717, 1.165) is 29.5 Å². The van der Waals surface area contributed by atoms with Crippen molar-refractivity contribution in [3.63, 3.8) is 0 Å². The van der Waals surface area contributed by atoms with Crippen LogP contribution in [0, 0.1) is 6.92 Å². The highest BCUT2D eigenvalue weighted by molar-refractivity contribution is 7.98. The molecule has 0 spiro atoms. The maximum absolute atomic E-state index is 6.00. The minimum Gasteiger partial charge on any atom is -0.361 e. The largest absolute Gasteiger partial charge is 0.361 e. The highest BCUT2D eigenvalue weighted by atomic mass is 32.2. The van der Waals surface area contributed by atoms with Crippen LogP contribution in [0.1, 0.15) is 11.6 Å². The molecule has 0 unspecified atom stereocenters. The third kappa shape index (κ3) is 5.59. The highest BCUT2D eigenvalue weighted by Crippen LogP contribution is 2.23. The Kier molecular flexibility index (Phi) is 6.80. The van der Waals surface area contributed by atoms with E-state index in [-0.39, 0.29) is 0 Å². The second kappa shape index (κ2) is 9.11. The van der Waals surface area contributed by atoms with Crippen LogP contribution in [0.2, 0.25) is 25.7 Å². The predicted molar refractivity (Wildman–Crippen MR) is 120 cm³/mol. The van der Waals surface area contributed by atoms with Crippen LogP contribution in [-0.2, 0) is 18.0 Å². The molecule has 0 N–H and O–H groups in total. The lowest BCUT2D eigenvalue weighted by molar-refractivity contribution is 0.0849. The first-order valence-electron chi connectivity index (χ1n) is 9.62. The SMILES string of the molecule is CSc1ccc(-c2cn(COCC[Si](C)(C)C)c(Cn3ccnc3C)n2)cc1. The quantitative estimate of drug-likeness (QED) is 0.276. The van der Waals surface area contributed by atoms with Crippen LogP contribution >= 0.6 is 11.8 Å². The van der Waals surface area contributed by atoms with Gasteiger partial charge in [-0.25, -0.2) is 9.97 Å². The van der Waals surface area contributed by atoms with Gasteiger partial charge in [0.15, 0.2) is 0 Å². The Balaban J connectivity index is 1.80. The fourth-order valence-electron chi connectivity index (χ4n) is 2.86. The summed E-state index contributed by atoms with van der Waals surface area (Å²) in [6.07, 6.45) is 8.01. The molecule has 7 heteroatoms. The first-order valence-corrected chi connectivity index (χ1v) is 14.5. The molecule has 0 saturated heterocycles. The molecule has 150 valence electrons. The molecule has 0 aliphatic rings. The molecule has 0 aliphatic carbocycles. The van der Waals surface area contributed by atoms with Gasteiger partial charge < -0.3 is 13.9 Å². The lowest BCUT2D eigenvalue weighted by Crippen LogP contribution is -2.22. The van der Waals surface area contributed by atoms with Gasteiger partial charge in [-0.3, -0.25) is 0 Å². The number of nitrogens with zero attached hydrogens (tertiary/aromatic N) is 4. The molecule has 0 saturated carbocycles. The Labute approximate surface area is 173 Å². The van der Waals surface area contributed by atoms with Gasteiger partial charge in [0.2, 0.25) is 0 Å². The van der Waals surface area contributed by atoms with Gasteiger partial charge in [0.1, 0.15) is 18.4 Å². The smallest absolute Gasteiger partial charge is 0.131 e. The second-order valence-corrected chi connectivity index (χ2v) is 14.7. The van der Waals surface area contributed by atoms with Crippen molar-refractivity contribution in [3.8, 4) is 11.3 Å². The Hall–Kier alpha value is -1.83. The summed E-state index contributed by atoms with van der Waals surface area (Å²) in [5.74, 6) is 1.97. The van der Waals surface area contributed by atoms with E-state index in [1.807, 2.05) is 19.3 Å². The van der Waals surface area contributed by atoms with Crippen molar-refractivity contribution in [2.24, 2.45) is 0 Å². The number of hydrogen-bond donors (Lipinski definition) is 0. The Bertz CT molecular complexity index is 896. The normalized spacial score (nSPS) is 11.9. The van der Waals surface area contributed by atoms with Gasteiger partial charge in [-0.1, -0.05) is 31.8 Å². The maximum atomic E-state index is 6.00. The molecule has 3 rings (SSSR count). The number of ether oxygens (including phenoxy) is 1. The Morgan fingerprint density at radius 2 is 1.86 bits per heavy atom. The van der Waals surface area contributed by atoms with E-state index >= 15 is 0 Å². The van der Waals surface area contributed by atoms with E-state index in [1.54, 1.807) is 11.8 Å². The summed E-state index contributed by atoms with van der Waals surface area (Å²) in [6.45, 7) is 11.1. The van der Waals surface area contributed by atoms with Gasteiger partial charge in [-0.15, -0.1) is 11.8 Å². The third-order valence-corrected chi connectivity index (χ3v) is 7.15. The summed E-state index contributed by atoms with van der Waals surface area (Å²) in [4.78, 5) is 10.5. The third-order valence-electron chi connectivity index (χ3n) is 4.71. The molecular weight excluding hydrogens is 384 g/mol. The lowest BCUT2D eigenvalue weighted by atomic mass is 10.2. The van der Waals surface area contributed by atoms with Crippen LogP contribution in [0.15, 0.2) is 47.8 Å². The number of aromatic nitrogens is 4. The van der Waals surface area contributed by atoms with Crippen LogP contribution in [-0.4, -0.2) is 40.0 Å². The standard InChI is InChI=1S/C21H30N4OSSi/c1-17-22-10-11-24(17)15-21-23-20(18-6-8-19(27-2)9-7-18)14-25(21)16-26-12-13-28(3,4)5/h6-11,14H,12-13,15-16H2,1-5H3. The molecule has 28 heavy (non-hydrogen) atoms. The average Bonchev–Trinajstić information content (AvgIpc) is 3.25. The zero-order valence-corrected chi connectivity index (χ0v) is 19.3. The molecule has 2 aromatic heterocycles. The molecule has 2 heterocycles. The van der Waals surface area contributed by atoms with Crippen LogP contribution in [0.3, 0.4) is 0 Å². The van der Waals surface area contributed by atoms with Gasteiger partial charge in [0, 0.05) is 43.7 Å². The van der Waals surface area contributed by atoms with Crippen LogP contribution < -0.4 is 0 Å². The fourth-order valence-corrected chi connectivity index (χ4v) is 4.02. The van der Waals surface area contributed by atoms with Gasteiger partial charge in [0.05, 0.1) is 12.2 Å². The van der Waals surface area contributed by atoms with Crippen LogP contribution in [0.4, 0.5) is 0 Å². The zero-order chi connectivity index (χ0) is 20.1. The maximum Gasteiger partial charge on any atom is 0.131 e. The molecule has 3 aromatic rings. The number of rotatable bonds is 9. The summed E-state index contributed by atoms with van der Waals surface area (Å²) in [6, 6.07) is 9.72. The molecule has 0 radical (unpaired) electrons. The highest BCUT2D eigenvalue weighted by Gasteiger charge is 2.14. The van der Waals surface area contributed by atoms with Crippen molar-refractivity contribution in [1.29, 1.82) is 0 Å². The van der Waals surface area contributed by atoms with Crippen molar-refractivity contribution in [3.05, 3.63) is 54.5 Å². The molecule has 5 nitrogen and oxygen atoms in total. The minimum atomic E-state index is -1.09. The number of thioether (sulfide) groups is 1. The number of imidazole rings is 2. The summed E-state index contributed by atoms with van der Waals surface area (Å²) in [5.41, 5.74) is 2.11. The van der Waals surface area contributed by atoms with Gasteiger partial charge in [0.25, 0.3) is 0 Å². The van der Waals surface area contributed by atoms with Gasteiger partial charge >= 0.3 is 0 Å². The second-order valence-electron chi connectivity index (χ2n) is 8.19. The summed E-state index contributed by atoms with van der Waals surface area (Å²) in [7, 11) is -1.09. The zero-order valence-electron chi connectivity index (χ0n) is 17.5. The van der Waals surface area contributed by atoms with Crippen LogP contribution in [0.5, 0.6) is 0 Å². The monoisotopic (exact) mass is 414 g/mol. The minimum absolute atomic E-state index is 0.531. The molecule has 0 amide bonds. The van der Waals surface area contributed by atoms with E-state index in [1.165, 1.54) is 10.9 Å². The molecule has 0 aliphatic heterocycles. The van der Waals surface area contributed by atoms with Gasteiger partial charge in [-0.2, -0.15) is 0 Å². The van der Waals surface area contributed by atoms with Crippen molar-refractivity contribution in [2.45, 2.75) is 50.8 Å². The average molecular weight is 415 g/mol.